The molecule has 2 nitrogen and oxygen atoms in total. The number of halogens is 2. The number of anilines is 1. The highest BCUT2D eigenvalue weighted by Gasteiger charge is 2.12. The molecular formula is C9H14Cl2N2S. The summed E-state index contributed by atoms with van der Waals surface area (Å²) in [5, 5.41) is 1.53. The first-order valence-corrected chi connectivity index (χ1v) is 6.41. The van der Waals surface area contributed by atoms with Crippen LogP contribution in [0.3, 0.4) is 0 Å². The van der Waals surface area contributed by atoms with Crippen LogP contribution in [0.15, 0.2) is 0 Å². The zero-order chi connectivity index (χ0) is 10.6. The van der Waals surface area contributed by atoms with Crippen molar-refractivity contribution in [3.05, 3.63) is 10.0 Å². The van der Waals surface area contributed by atoms with Gasteiger partial charge in [0, 0.05) is 13.1 Å². The lowest BCUT2D eigenvalue weighted by Crippen LogP contribution is -2.22. The highest BCUT2D eigenvalue weighted by molar-refractivity contribution is 7.16. The van der Waals surface area contributed by atoms with Gasteiger partial charge in [-0.25, -0.2) is 4.98 Å². The number of aromatic nitrogens is 1. The Balaban J connectivity index is 2.82. The van der Waals surface area contributed by atoms with Gasteiger partial charge in [0.05, 0.1) is 10.8 Å². The molecule has 0 aromatic carbocycles. The first-order chi connectivity index (χ1) is 6.72. The second kappa shape index (κ2) is 5.79. The van der Waals surface area contributed by atoms with Gasteiger partial charge in [-0.05, 0) is 13.3 Å². The van der Waals surface area contributed by atoms with Crippen LogP contribution in [0.2, 0.25) is 5.15 Å². The molecule has 0 fully saturated rings. The fraction of sp³-hybridized carbons (Fsp3) is 0.667. The minimum Gasteiger partial charge on any atom is -0.348 e. The van der Waals surface area contributed by atoms with Gasteiger partial charge in [0.1, 0.15) is 5.15 Å². The average Bonchev–Trinajstić information content (AvgIpc) is 2.56. The summed E-state index contributed by atoms with van der Waals surface area (Å²) in [6.07, 6.45) is 1.11. The molecule has 0 radical (unpaired) electrons. The zero-order valence-corrected chi connectivity index (χ0v) is 10.7. The van der Waals surface area contributed by atoms with Crippen molar-refractivity contribution in [2.45, 2.75) is 26.1 Å². The van der Waals surface area contributed by atoms with E-state index in [-0.39, 0.29) is 0 Å². The molecule has 80 valence electrons. The predicted molar refractivity (Wildman–Crippen MR) is 64.9 cm³/mol. The Kier molecular flexibility index (Phi) is 4.99. The molecule has 1 aromatic rings. The van der Waals surface area contributed by atoms with Crippen LogP contribution in [0.5, 0.6) is 0 Å². The van der Waals surface area contributed by atoms with Gasteiger partial charge < -0.3 is 4.90 Å². The molecule has 0 aliphatic carbocycles. The molecule has 0 atom stereocenters. The van der Waals surface area contributed by atoms with E-state index in [1.54, 1.807) is 11.3 Å². The van der Waals surface area contributed by atoms with E-state index in [2.05, 4.69) is 23.7 Å². The predicted octanol–water partition coefficient (Wildman–Crippen LogP) is 3.77. The molecule has 1 aromatic heterocycles. The number of nitrogens with zero attached hydrogens (tertiary/aromatic N) is 2. The van der Waals surface area contributed by atoms with Gasteiger partial charge in [-0.3, -0.25) is 0 Å². The van der Waals surface area contributed by atoms with Crippen molar-refractivity contribution in [1.82, 2.24) is 4.98 Å². The molecule has 0 amide bonds. The Labute approximate surface area is 98.8 Å². The monoisotopic (exact) mass is 252 g/mol. The van der Waals surface area contributed by atoms with Crippen LogP contribution >= 0.6 is 34.5 Å². The van der Waals surface area contributed by atoms with E-state index in [0.717, 1.165) is 29.5 Å². The summed E-state index contributed by atoms with van der Waals surface area (Å²) in [5.41, 5.74) is 0. The number of hydrogen-bond donors (Lipinski definition) is 0. The fourth-order valence-electron chi connectivity index (χ4n) is 1.20. The minimum absolute atomic E-state index is 0.445. The Morgan fingerprint density at radius 1 is 1.43 bits per heavy atom. The average molecular weight is 253 g/mol. The summed E-state index contributed by atoms with van der Waals surface area (Å²) in [6.45, 7) is 6.24. The van der Waals surface area contributed by atoms with E-state index in [1.165, 1.54) is 0 Å². The lowest BCUT2D eigenvalue weighted by atomic mass is 10.4. The maximum absolute atomic E-state index is 5.93. The quantitative estimate of drug-likeness (QED) is 0.742. The van der Waals surface area contributed by atoms with Crippen LogP contribution < -0.4 is 4.90 Å². The molecule has 0 N–H and O–H groups in total. The summed E-state index contributed by atoms with van der Waals surface area (Å²) in [6, 6.07) is 0. The Bertz CT molecular complexity index is 288. The molecule has 0 unspecified atom stereocenters. The Hall–Kier alpha value is 0.01000. The van der Waals surface area contributed by atoms with E-state index in [4.69, 9.17) is 23.2 Å². The largest absolute Gasteiger partial charge is 0.348 e. The molecule has 1 rings (SSSR count). The molecule has 0 saturated heterocycles. The molecule has 0 bridgehead atoms. The lowest BCUT2D eigenvalue weighted by Gasteiger charge is -2.18. The molecular weight excluding hydrogens is 239 g/mol. The van der Waals surface area contributed by atoms with Crippen molar-refractivity contribution in [2.75, 3.05) is 18.0 Å². The van der Waals surface area contributed by atoms with Gasteiger partial charge in [0.15, 0.2) is 5.13 Å². The highest BCUT2D eigenvalue weighted by atomic mass is 35.5. The van der Waals surface area contributed by atoms with E-state index in [1.807, 2.05) is 0 Å². The van der Waals surface area contributed by atoms with Gasteiger partial charge in [0.25, 0.3) is 0 Å². The van der Waals surface area contributed by atoms with Gasteiger partial charge in [0.2, 0.25) is 0 Å². The normalized spacial score (nSPS) is 10.6. The van der Waals surface area contributed by atoms with Crippen molar-refractivity contribution in [1.29, 1.82) is 0 Å². The lowest BCUT2D eigenvalue weighted by molar-refractivity contribution is 0.788. The number of rotatable bonds is 5. The van der Waals surface area contributed by atoms with Crippen molar-refractivity contribution in [3.63, 3.8) is 0 Å². The Morgan fingerprint density at radius 2 is 2.14 bits per heavy atom. The topological polar surface area (TPSA) is 16.1 Å². The maximum atomic E-state index is 5.93. The third-order valence-corrected chi connectivity index (χ3v) is 3.87. The van der Waals surface area contributed by atoms with E-state index >= 15 is 0 Å². The third-order valence-electron chi connectivity index (χ3n) is 1.91. The van der Waals surface area contributed by atoms with Crippen molar-refractivity contribution < 1.29 is 0 Å². The first-order valence-electron chi connectivity index (χ1n) is 4.69. The standard InChI is InChI=1S/C9H14Cl2N2S/c1-3-5-13(4-2)9-12-8(11)7(6-10)14-9/h3-6H2,1-2H3. The molecule has 0 saturated carbocycles. The highest BCUT2D eigenvalue weighted by Crippen LogP contribution is 2.30. The summed E-state index contributed by atoms with van der Waals surface area (Å²) in [5.74, 6) is 0.445. The van der Waals surface area contributed by atoms with Gasteiger partial charge in [-0.2, -0.15) is 0 Å². The van der Waals surface area contributed by atoms with Crippen molar-refractivity contribution in [2.24, 2.45) is 0 Å². The zero-order valence-electron chi connectivity index (χ0n) is 8.39. The van der Waals surface area contributed by atoms with Crippen molar-refractivity contribution >= 4 is 39.7 Å². The summed E-state index contributed by atoms with van der Waals surface area (Å²) < 4.78 is 0. The summed E-state index contributed by atoms with van der Waals surface area (Å²) in [7, 11) is 0. The van der Waals surface area contributed by atoms with Crippen LogP contribution in [-0.4, -0.2) is 18.1 Å². The first kappa shape index (κ1) is 12.1. The Morgan fingerprint density at radius 3 is 2.57 bits per heavy atom. The van der Waals surface area contributed by atoms with Crippen LogP contribution in [-0.2, 0) is 5.88 Å². The van der Waals surface area contributed by atoms with Gasteiger partial charge in [-0.15, -0.1) is 11.6 Å². The molecule has 0 aliphatic rings. The fourth-order valence-corrected chi connectivity index (χ4v) is 2.76. The van der Waals surface area contributed by atoms with E-state index in [0.29, 0.717) is 11.0 Å². The van der Waals surface area contributed by atoms with E-state index < -0.39 is 0 Å². The molecule has 0 aliphatic heterocycles. The number of alkyl halides is 1. The molecule has 5 heteroatoms. The summed E-state index contributed by atoms with van der Waals surface area (Å²) in [4.78, 5) is 7.47. The third kappa shape index (κ3) is 2.75. The van der Waals surface area contributed by atoms with Gasteiger partial charge >= 0.3 is 0 Å². The smallest absolute Gasteiger partial charge is 0.187 e. The van der Waals surface area contributed by atoms with Crippen LogP contribution in [0.1, 0.15) is 25.1 Å². The maximum Gasteiger partial charge on any atom is 0.187 e. The number of hydrogen-bond acceptors (Lipinski definition) is 3. The van der Waals surface area contributed by atoms with Crippen LogP contribution in [0, 0.1) is 0 Å². The second-order valence-corrected chi connectivity index (χ2v) is 4.61. The molecule has 0 spiro atoms. The molecule has 1 heterocycles. The van der Waals surface area contributed by atoms with Crippen LogP contribution in [0.4, 0.5) is 5.13 Å². The minimum atomic E-state index is 0.445. The number of thiazole rings is 1. The van der Waals surface area contributed by atoms with E-state index in [9.17, 15) is 0 Å². The van der Waals surface area contributed by atoms with Gasteiger partial charge in [-0.1, -0.05) is 29.9 Å². The SMILES string of the molecule is CCCN(CC)c1nc(Cl)c(CCl)s1. The molecule has 14 heavy (non-hydrogen) atoms. The summed E-state index contributed by atoms with van der Waals surface area (Å²) >= 11 is 13.3. The van der Waals surface area contributed by atoms with Crippen molar-refractivity contribution in [3.8, 4) is 0 Å². The van der Waals surface area contributed by atoms with Crippen LogP contribution in [0.25, 0.3) is 0 Å². The second-order valence-electron chi connectivity index (χ2n) is 2.92.